The molecule has 126 valence electrons. The molecule has 0 fully saturated rings. The van der Waals surface area contributed by atoms with Gasteiger partial charge in [0.05, 0.1) is 6.42 Å². The summed E-state index contributed by atoms with van der Waals surface area (Å²) in [5.74, 6) is 0.536. The van der Waals surface area contributed by atoms with Gasteiger partial charge < -0.3 is 16.4 Å². The molecular weight excluding hydrogens is 302 g/mol. The highest BCUT2D eigenvalue weighted by Crippen LogP contribution is 2.14. The van der Waals surface area contributed by atoms with E-state index >= 15 is 0 Å². The average molecular weight is 325 g/mol. The van der Waals surface area contributed by atoms with Crippen molar-refractivity contribution in [1.29, 1.82) is 0 Å². The van der Waals surface area contributed by atoms with Crippen molar-refractivity contribution in [1.82, 2.24) is 0 Å². The van der Waals surface area contributed by atoms with Crippen LogP contribution in [-0.2, 0) is 17.6 Å². The molecule has 0 aliphatic heterocycles. The van der Waals surface area contributed by atoms with Gasteiger partial charge in [0.1, 0.15) is 0 Å². The molecule has 5 nitrogen and oxygen atoms in total. The first kappa shape index (κ1) is 17.5. The number of urea groups is 1. The minimum absolute atomic E-state index is 0.0813. The van der Waals surface area contributed by atoms with Crippen molar-refractivity contribution in [3.8, 4) is 0 Å². The van der Waals surface area contributed by atoms with Crippen LogP contribution in [0.15, 0.2) is 48.5 Å². The number of hydrogen-bond acceptors (Lipinski definition) is 2. The molecule has 2 aromatic carbocycles. The molecule has 0 spiro atoms. The molecule has 0 radical (unpaired) electrons. The van der Waals surface area contributed by atoms with Crippen LogP contribution in [0.1, 0.15) is 25.0 Å². The van der Waals surface area contributed by atoms with Crippen LogP contribution in [-0.4, -0.2) is 11.9 Å². The Morgan fingerprint density at radius 3 is 1.88 bits per heavy atom. The topological polar surface area (TPSA) is 84.2 Å². The molecule has 0 atom stereocenters. The number of benzene rings is 2. The molecular formula is C19H23N3O2. The number of primary amides is 1. The van der Waals surface area contributed by atoms with Gasteiger partial charge in [0.2, 0.25) is 5.91 Å². The van der Waals surface area contributed by atoms with Crippen molar-refractivity contribution in [3.05, 3.63) is 59.7 Å². The number of amides is 3. The summed E-state index contributed by atoms with van der Waals surface area (Å²) in [6, 6.07) is 14.3. The van der Waals surface area contributed by atoms with Crippen LogP contribution in [0.3, 0.4) is 0 Å². The third-order valence-corrected chi connectivity index (χ3v) is 3.47. The van der Waals surface area contributed by atoms with E-state index in [9.17, 15) is 9.59 Å². The SMILES string of the molecule is CC(C)Cc1ccc(CC(=O)Nc2ccc(NC(N)=O)cc2)cc1. The van der Waals surface area contributed by atoms with E-state index in [1.54, 1.807) is 24.3 Å². The molecule has 0 heterocycles. The maximum atomic E-state index is 12.1. The number of nitrogens with two attached hydrogens (primary N) is 1. The standard InChI is InChI=1S/C19H23N3O2/c1-13(2)11-14-3-5-15(6-4-14)12-18(23)21-16-7-9-17(10-8-16)22-19(20)24/h3-10,13H,11-12H2,1-2H3,(H,21,23)(H3,20,22,24). The second-order valence-corrected chi connectivity index (χ2v) is 6.21. The lowest BCUT2D eigenvalue weighted by molar-refractivity contribution is -0.115. The lowest BCUT2D eigenvalue weighted by Gasteiger charge is -2.08. The zero-order valence-corrected chi connectivity index (χ0v) is 14.0. The number of hydrogen-bond donors (Lipinski definition) is 3. The Balaban J connectivity index is 1.89. The van der Waals surface area contributed by atoms with E-state index in [-0.39, 0.29) is 5.91 Å². The van der Waals surface area contributed by atoms with Crippen LogP contribution in [0.25, 0.3) is 0 Å². The predicted molar refractivity (Wildman–Crippen MR) is 97.0 cm³/mol. The molecule has 0 aliphatic rings. The molecule has 2 rings (SSSR count). The summed E-state index contributed by atoms with van der Waals surface area (Å²) in [7, 11) is 0. The summed E-state index contributed by atoms with van der Waals surface area (Å²) in [6.45, 7) is 4.37. The maximum absolute atomic E-state index is 12.1. The molecule has 2 aromatic rings. The maximum Gasteiger partial charge on any atom is 0.316 e. The Hall–Kier alpha value is -2.82. The van der Waals surface area contributed by atoms with Crippen LogP contribution in [0.4, 0.5) is 16.2 Å². The molecule has 0 aliphatic carbocycles. The van der Waals surface area contributed by atoms with E-state index in [1.807, 2.05) is 12.1 Å². The quantitative estimate of drug-likeness (QED) is 0.758. The van der Waals surface area contributed by atoms with Crippen LogP contribution in [0.2, 0.25) is 0 Å². The predicted octanol–water partition coefficient (Wildman–Crippen LogP) is 3.56. The van der Waals surface area contributed by atoms with Gasteiger partial charge in [-0.25, -0.2) is 4.79 Å². The Morgan fingerprint density at radius 1 is 0.875 bits per heavy atom. The number of rotatable bonds is 6. The number of nitrogens with one attached hydrogen (secondary N) is 2. The highest BCUT2D eigenvalue weighted by Gasteiger charge is 2.05. The highest BCUT2D eigenvalue weighted by atomic mass is 16.2. The fraction of sp³-hybridized carbons (Fsp3) is 0.263. The first-order valence-corrected chi connectivity index (χ1v) is 7.96. The number of anilines is 2. The molecule has 0 aromatic heterocycles. The monoisotopic (exact) mass is 325 g/mol. The zero-order valence-electron chi connectivity index (χ0n) is 14.0. The Kier molecular flexibility index (Phi) is 5.95. The lowest BCUT2D eigenvalue weighted by Crippen LogP contribution is -2.19. The van der Waals surface area contributed by atoms with Gasteiger partial charge in [-0.15, -0.1) is 0 Å². The van der Waals surface area contributed by atoms with Gasteiger partial charge in [0.15, 0.2) is 0 Å². The van der Waals surface area contributed by atoms with Crippen molar-refractivity contribution in [2.75, 3.05) is 10.6 Å². The molecule has 5 heteroatoms. The summed E-state index contributed by atoms with van der Waals surface area (Å²) < 4.78 is 0. The minimum Gasteiger partial charge on any atom is -0.351 e. The van der Waals surface area contributed by atoms with Crippen molar-refractivity contribution < 1.29 is 9.59 Å². The molecule has 4 N–H and O–H groups in total. The third-order valence-electron chi connectivity index (χ3n) is 3.47. The number of carbonyl (C=O) groups excluding carboxylic acids is 2. The van der Waals surface area contributed by atoms with Crippen molar-refractivity contribution in [2.45, 2.75) is 26.7 Å². The van der Waals surface area contributed by atoms with Crippen LogP contribution in [0.5, 0.6) is 0 Å². The van der Waals surface area contributed by atoms with Crippen LogP contribution >= 0.6 is 0 Å². The second kappa shape index (κ2) is 8.15. The van der Waals surface area contributed by atoms with Gasteiger partial charge in [-0.2, -0.15) is 0 Å². The highest BCUT2D eigenvalue weighted by molar-refractivity contribution is 5.93. The largest absolute Gasteiger partial charge is 0.351 e. The van der Waals surface area contributed by atoms with Crippen LogP contribution < -0.4 is 16.4 Å². The fourth-order valence-corrected chi connectivity index (χ4v) is 2.43. The van der Waals surface area contributed by atoms with Gasteiger partial charge in [-0.1, -0.05) is 38.1 Å². The van der Waals surface area contributed by atoms with Crippen LogP contribution in [0, 0.1) is 5.92 Å². The summed E-state index contributed by atoms with van der Waals surface area (Å²) in [5.41, 5.74) is 8.57. The summed E-state index contributed by atoms with van der Waals surface area (Å²) in [4.78, 5) is 22.9. The molecule has 0 unspecified atom stereocenters. The Bertz CT molecular complexity index is 692. The van der Waals surface area contributed by atoms with E-state index in [4.69, 9.17) is 5.73 Å². The van der Waals surface area contributed by atoms with Gasteiger partial charge >= 0.3 is 6.03 Å². The Labute approximate surface area is 142 Å². The molecule has 0 saturated carbocycles. The van der Waals surface area contributed by atoms with E-state index < -0.39 is 6.03 Å². The van der Waals surface area contributed by atoms with E-state index in [1.165, 1.54) is 5.56 Å². The Morgan fingerprint density at radius 2 is 1.38 bits per heavy atom. The van der Waals surface area contributed by atoms with Crippen molar-refractivity contribution in [2.24, 2.45) is 11.7 Å². The van der Waals surface area contributed by atoms with E-state index in [0.717, 1.165) is 12.0 Å². The molecule has 0 saturated heterocycles. The summed E-state index contributed by atoms with van der Waals surface area (Å²) >= 11 is 0. The average Bonchev–Trinajstić information content (AvgIpc) is 2.50. The zero-order chi connectivity index (χ0) is 17.5. The lowest BCUT2D eigenvalue weighted by atomic mass is 10.0. The third kappa shape index (κ3) is 5.76. The minimum atomic E-state index is -0.618. The normalized spacial score (nSPS) is 10.5. The molecule has 3 amide bonds. The van der Waals surface area contributed by atoms with E-state index in [0.29, 0.717) is 23.7 Å². The number of carbonyl (C=O) groups is 2. The first-order valence-electron chi connectivity index (χ1n) is 7.96. The van der Waals surface area contributed by atoms with Gasteiger partial charge in [-0.05, 0) is 47.7 Å². The van der Waals surface area contributed by atoms with Crippen molar-refractivity contribution in [3.63, 3.8) is 0 Å². The summed E-state index contributed by atoms with van der Waals surface area (Å²) in [6.07, 6.45) is 1.36. The second-order valence-electron chi connectivity index (χ2n) is 6.21. The van der Waals surface area contributed by atoms with Crippen molar-refractivity contribution >= 4 is 23.3 Å². The van der Waals surface area contributed by atoms with Gasteiger partial charge in [0, 0.05) is 11.4 Å². The van der Waals surface area contributed by atoms with Gasteiger partial charge in [-0.3, -0.25) is 4.79 Å². The van der Waals surface area contributed by atoms with Gasteiger partial charge in [0.25, 0.3) is 0 Å². The summed E-state index contributed by atoms with van der Waals surface area (Å²) in [5, 5.41) is 5.30. The molecule has 24 heavy (non-hydrogen) atoms. The fourth-order valence-electron chi connectivity index (χ4n) is 2.43. The smallest absolute Gasteiger partial charge is 0.316 e. The van der Waals surface area contributed by atoms with E-state index in [2.05, 4.69) is 36.6 Å². The molecule has 0 bridgehead atoms. The first-order chi connectivity index (χ1) is 11.4.